The summed E-state index contributed by atoms with van der Waals surface area (Å²) >= 11 is 1.30. The maximum absolute atomic E-state index is 13.2. The average Bonchev–Trinajstić information content (AvgIpc) is 3.64. The van der Waals surface area contributed by atoms with E-state index in [-0.39, 0.29) is 17.7 Å². The monoisotopic (exact) mass is 463 g/mol. The van der Waals surface area contributed by atoms with Gasteiger partial charge in [-0.1, -0.05) is 11.8 Å². The van der Waals surface area contributed by atoms with Gasteiger partial charge in [0.25, 0.3) is 5.91 Å². The second-order valence-electron chi connectivity index (χ2n) is 7.38. The van der Waals surface area contributed by atoms with Crippen molar-refractivity contribution in [1.29, 1.82) is 0 Å². The molecule has 33 heavy (non-hydrogen) atoms. The highest BCUT2D eigenvalue weighted by molar-refractivity contribution is 7.99. The van der Waals surface area contributed by atoms with Gasteiger partial charge in [-0.25, -0.2) is 5.01 Å². The highest BCUT2D eigenvalue weighted by Crippen LogP contribution is 2.34. The molecule has 1 aliphatic heterocycles. The van der Waals surface area contributed by atoms with Crippen LogP contribution in [0.5, 0.6) is 5.75 Å². The summed E-state index contributed by atoms with van der Waals surface area (Å²) in [6.07, 6.45) is 3.75. The van der Waals surface area contributed by atoms with Crippen LogP contribution in [0.15, 0.2) is 80.1 Å². The summed E-state index contributed by atoms with van der Waals surface area (Å²) in [6, 6.07) is 14.6. The lowest BCUT2D eigenvalue weighted by molar-refractivity contribution is -0.130. The Morgan fingerprint density at radius 2 is 1.91 bits per heavy atom. The number of hydrogen-bond donors (Lipinski definition) is 0. The van der Waals surface area contributed by atoms with Crippen molar-refractivity contribution in [2.24, 2.45) is 12.1 Å². The second-order valence-corrected chi connectivity index (χ2v) is 8.32. The summed E-state index contributed by atoms with van der Waals surface area (Å²) < 4.78 is 18.1. The molecule has 168 valence electrons. The van der Waals surface area contributed by atoms with Gasteiger partial charge < -0.3 is 18.1 Å². The van der Waals surface area contributed by atoms with Crippen LogP contribution in [0.2, 0.25) is 0 Å². The van der Waals surface area contributed by atoms with Gasteiger partial charge in [0, 0.05) is 13.5 Å². The number of carbonyl (C=O) groups is 1. The van der Waals surface area contributed by atoms with Crippen molar-refractivity contribution in [1.82, 2.24) is 19.8 Å². The number of hydrogen-bond acceptors (Lipinski definition) is 8. The van der Waals surface area contributed by atoms with Crippen LogP contribution in [0.3, 0.4) is 0 Å². The van der Waals surface area contributed by atoms with Crippen molar-refractivity contribution >= 4 is 23.4 Å². The number of ether oxygens (including phenoxy) is 1. The molecule has 0 saturated carbocycles. The first-order chi connectivity index (χ1) is 16.1. The van der Waals surface area contributed by atoms with E-state index in [1.54, 1.807) is 30.3 Å². The molecule has 9 nitrogen and oxygen atoms in total. The minimum absolute atomic E-state index is 0.146. The maximum Gasteiger partial charge on any atom is 0.253 e. The summed E-state index contributed by atoms with van der Waals surface area (Å²) in [6.45, 7) is 0. The molecule has 0 fully saturated rings. The lowest BCUT2D eigenvalue weighted by atomic mass is 10.0. The van der Waals surface area contributed by atoms with Crippen molar-refractivity contribution in [3.05, 3.63) is 72.4 Å². The lowest BCUT2D eigenvalue weighted by Crippen LogP contribution is -2.28. The molecule has 4 heterocycles. The van der Waals surface area contributed by atoms with Gasteiger partial charge in [-0.15, -0.1) is 10.2 Å². The first-order valence-corrected chi connectivity index (χ1v) is 11.3. The van der Waals surface area contributed by atoms with Crippen molar-refractivity contribution in [2.75, 3.05) is 12.9 Å². The third-order valence-corrected chi connectivity index (χ3v) is 6.37. The molecule has 0 N–H and O–H groups in total. The Morgan fingerprint density at radius 3 is 2.61 bits per heavy atom. The van der Waals surface area contributed by atoms with Crippen molar-refractivity contribution in [2.45, 2.75) is 17.6 Å². The normalized spacial score (nSPS) is 15.6. The van der Waals surface area contributed by atoms with Crippen LogP contribution in [-0.2, 0) is 11.8 Å². The van der Waals surface area contributed by atoms with E-state index in [0.717, 1.165) is 17.0 Å². The SMILES string of the molecule is COc1ccc(C2=NN(C(=O)CSc3nnc(-c4ccco4)n3C)C(c3ccco3)C2)cc1. The third kappa shape index (κ3) is 4.17. The molecule has 0 bridgehead atoms. The minimum atomic E-state index is -0.302. The number of benzene rings is 1. The van der Waals surface area contributed by atoms with E-state index in [1.807, 2.05) is 49.5 Å². The molecule has 1 unspecified atom stereocenters. The van der Waals surface area contributed by atoms with Gasteiger partial charge in [0.05, 0.1) is 31.1 Å². The number of amides is 1. The topological polar surface area (TPSA) is 98.9 Å². The molecular weight excluding hydrogens is 442 g/mol. The van der Waals surface area contributed by atoms with Crippen LogP contribution in [0.25, 0.3) is 11.6 Å². The first kappa shape index (κ1) is 21.1. The standard InChI is InChI=1S/C23H21N5O4S/c1-27-22(20-6-4-12-32-20)24-25-23(27)33-14-21(29)28-18(19-5-3-11-31-19)13-17(26-28)15-7-9-16(30-2)10-8-15/h3-12,18H,13-14H2,1-2H3. The largest absolute Gasteiger partial charge is 0.497 e. The third-order valence-electron chi connectivity index (χ3n) is 5.36. The number of carbonyl (C=O) groups excluding carboxylic acids is 1. The van der Waals surface area contributed by atoms with E-state index in [1.165, 1.54) is 16.8 Å². The fraction of sp³-hybridized carbons (Fsp3) is 0.217. The molecule has 0 spiro atoms. The predicted octanol–water partition coefficient (Wildman–Crippen LogP) is 4.15. The van der Waals surface area contributed by atoms with Crippen LogP contribution in [0.1, 0.15) is 23.8 Å². The Morgan fingerprint density at radius 1 is 1.12 bits per heavy atom. The second kappa shape index (κ2) is 8.99. The summed E-state index contributed by atoms with van der Waals surface area (Å²) in [7, 11) is 3.47. The van der Waals surface area contributed by atoms with E-state index >= 15 is 0 Å². The molecule has 4 aromatic rings. The van der Waals surface area contributed by atoms with Gasteiger partial charge in [-0.2, -0.15) is 5.10 Å². The highest BCUT2D eigenvalue weighted by atomic mass is 32.2. The van der Waals surface area contributed by atoms with Crippen LogP contribution >= 0.6 is 11.8 Å². The number of methoxy groups -OCH3 is 1. The summed E-state index contributed by atoms with van der Waals surface area (Å²) in [5, 5.41) is 15.2. The van der Waals surface area contributed by atoms with Crippen LogP contribution < -0.4 is 4.74 Å². The van der Waals surface area contributed by atoms with Gasteiger partial charge in [0.15, 0.2) is 16.7 Å². The lowest BCUT2D eigenvalue weighted by Gasteiger charge is -2.19. The van der Waals surface area contributed by atoms with E-state index in [9.17, 15) is 4.79 Å². The average molecular weight is 464 g/mol. The van der Waals surface area contributed by atoms with Gasteiger partial charge in [0.1, 0.15) is 17.6 Å². The van der Waals surface area contributed by atoms with Crippen molar-refractivity contribution < 1.29 is 18.4 Å². The quantitative estimate of drug-likeness (QED) is 0.380. The van der Waals surface area contributed by atoms with Gasteiger partial charge in [0.2, 0.25) is 0 Å². The predicted molar refractivity (Wildman–Crippen MR) is 122 cm³/mol. The molecule has 10 heteroatoms. The molecule has 5 rings (SSSR count). The molecule has 0 saturated heterocycles. The van der Waals surface area contributed by atoms with Crippen molar-refractivity contribution in [3.63, 3.8) is 0 Å². The van der Waals surface area contributed by atoms with E-state index < -0.39 is 0 Å². The smallest absolute Gasteiger partial charge is 0.253 e. The van der Waals surface area contributed by atoms with E-state index in [4.69, 9.17) is 13.6 Å². The Balaban J connectivity index is 1.34. The maximum atomic E-state index is 13.2. The molecule has 0 radical (unpaired) electrons. The molecule has 1 atom stereocenters. The van der Waals surface area contributed by atoms with Crippen LogP contribution in [0.4, 0.5) is 0 Å². The van der Waals surface area contributed by atoms with E-state index in [0.29, 0.717) is 28.9 Å². The molecule has 1 amide bonds. The summed E-state index contributed by atoms with van der Waals surface area (Å²) in [4.78, 5) is 13.2. The summed E-state index contributed by atoms with van der Waals surface area (Å²) in [5.74, 6) is 2.69. The molecule has 0 aliphatic carbocycles. The van der Waals surface area contributed by atoms with E-state index in [2.05, 4.69) is 15.3 Å². The number of thioether (sulfide) groups is 1. The fourth-order valence-corrected chi connectivity index (χ4v) is 4.42. The first-order valence-electron chi connectivity index (χ1n) is 10.3. The van der Waals surface area contributed by atoms with Gasteiger partial charge >= 0.3 is 0 Å². The molecule has 1 aliphatic rings. The highest BCUT2D eigenvalue weighted by Gasteiger charge is 2.35. The number of hydrazone groups is 1. The molecular formula is C23H21N5O4S. The summed E-state index contributed by atoms with van der Waals surface area (Å²) in [5.41, 5.74) is 1.75. The number of furan rings is 2. The van der Waals surface area contributed by atoms with Crippen molar-refractivity contribution in [3.8, 4) is 17.3 Å². The Hall–Kier alpha value is -3.79. The Kier molecular flexibility index (Phi) is 5.74. The zero-order valence-corrected chi connectivity index (χ0v) is 18.9. The Bertz CT molecular complexity index is 1260. The molecule has 3 aromatic heterocycles. The zero-order valence-electron chi connectivity index (χ0n) is 18.0. The fourth-order valence-electron chi connectivity index (χ4n) is 3.65. The zero-order chi connectivity index (χ0) is 22.8. The number of rotatable bonds is 7. The van der Waals surface area contributed by atoms with Crippen LogP contribution in [0, 0.1) is 0 Å². The Labute approximate surface area is 194 Å². The van der Waals surface area contributed by atoms with Gasteiger partial charge in [-0.05, 0) is 54.1 Å². The molecule has 1 aromatic carbocycles. The minimum Gasteiger partial charge on any atom is -0.497 e. The van der Waals surface area contributed by atoms with Gasteiger partial charge in [-0.3, -0.25) is 4.79 Å². The number of nitrogens with zero attached hydrogens (tertiary/aromatic N) is 5. The van der Waals surface area contributed by atoms with Crippen LogP contribution in [-0.4, -0.2) is 44.3 Å². The number of aromatic nitrogens is 3.